The average Bonchev–Trinajstić information content (AvgIpc) is 3.09. The molecule has 0 N–H and O–H groups in total. The van der Waals surface area contributed by atoms with Crippen molar-refractivity contribution in [1.29, 1.82) is 0 Å². The van der Waals surface area contributed by atoms with Gasteiger partial charge in [0, 0.05) is 39.0 Å². The minimum atomic E-state index is -0.270. The van der Waals surface area contributed by atoms with Crippen molar-refractivity contribution in [1.82, 2.24) is 24.6 Å². The van der Waals surface area contributed by atoms with Crippen LogP contribution in [0.4, 0.5) is 10.2 Å². The van der Waals surface area contributed by atoms with Crippen molar-refractivity contribution in [3.8, 4) is 5.69 Å². The second kappa shape index (κ2) is 12.2. The van der Waals surface area contributed by atoms with Gasteiger partial charge < -0.3 is 9.80 Å². The smallest absolute Gasteiger partial charge is 0.222 e. The molecule has 1 aliphatic heterocycles. The summed E-state index contributed by atoms with van der Waals surface area (Å²) in [7, 11) is 0. The maximum Gasteiger partial charge on any atom is 0.222 e. The van der Waals surface area contributed by atoms with Crippen LogP contribution in [0.25, 0.3) is 16.7 Å². The van der Waals surface area contributed by atoms with Gasteiger partial charge in [-0.25, -0.2) is 19.0 Å². The lowest BCUT2D eigenvalue weighted by Crippen LogP contribution is -2.35. The summed E-state index contributed by atoms with van der Waals surface area (Å²) >= 11 is 0. The average molecular weight is 521 g/mol. The van der Waals surface area contributed by atoms with Gasteiger partial charge in [-0.2, -0.15) is 5.10 Å². The minimum Gasteiger partial charge on any atom is -0.354 e. The Morgan fingerprint density at radius 3 is 2.53 bits per heavy atom. The molecule has 1 aliphatic carbocycles. The highest BCUT2D eigenvalue weighted by molar-refractivity contribution is 5.91. The number of halogens is 1. The number of fused-ring (bicyclic) bond motifs is 1. The van der Waals surface area contributed by atoms with Gasteiger partial charge in [0.2, 0.25) is 5.91 Å². The molecule has 2 aromatic heterocycles. The number of amides is 1. The predicted octanol–water partition coefficient (Wildman–Crippen LogP) is 6.00. The van der Waals surface area contributed by atoms with Gasteiger partial charge in [0.1, 0.15) is 17.5 Å². The van der Waals surface area contributed by atoms with Crippen molar-refractivity contribution in [3.05, 3.63) is 41.6 Å². The molecule has 3 heterocycles. The zero-order valence-electron chi connectivity index (χ0n) is 23.0. The lowest BCUT2D eigenvalue weighted by atomic mass is 9.87. The molecular weight excluding hydrogens is 479 g/mol. The molecule has 0 bridgehead atoms. The third-order valence-corrected chi connectivity index (χ3v) is 8.14. The van der Waals surface area contributed by atoms with E-state index in [-0.39, 0.29) is 11.7 Å². The van der Waals surface area contributed by atoms with Gasteiger partial charge in [0.15, 0.2) is 5.65 Å². The van der Waals surface area contributed by atoms with Crippen molar-refractivity contribution in [2.75, 3.05) is 31.1 Å². The molecule has 3 aromatic rings. The molecule has 1 saturated heterocycles. The van der Waals surface area contributed by atoms with E-state index in [0.717, 1.165) is 85.8 Å². The van der Waals surface area contributed by atoms with Crippen molar-refractivity contribution in [2.45, 2.75) is 84.5 Å². The molecule has 1 saturated carbocycles. The number of aryl methyl sites for hydroxylation is 1. The van der Waals surface area contributed by atoms with Gasteiger partial charge >= 0.3 is 0 Å². The Bertz CT molecular complexity index is 1230. The Morgan fingerprint density at radius 1 is 0.974 bits per heavy atom. The highest BCUT2D eigenvalue weighted by Crippen LogP contribution is 2.32. The number of hydrogen-bond donors (Lipinski definition) is 0. The van der Waals surface area contributed by atoms with Crippen LogP contribution in [0.1, 0.15) is 82.7 Å². The van der Waals surface area contributed by atoms with Gasteiger partial charge in [-0.3, -0.25) is 4.79 Å². The second-order valence-corrected chi connectivity index (χ2v) is 11.0. The Hall–Kier alpha value is -3.03. The summed E-state index contributed by atoms with van der Waals surface area (Å²) in [6, 6.07) is 6.42. The van der Waals surface area contributed by atoms with Crippen molar-refractivity contribution < 1.29 is 9.18 Å². The van der Waals surface area contributed by atoms with Crippen LogP contribution in [0.15, 0.2) is 24.3 Å². The Balaban J connectivity index is 1.48. The molecule has 7 nitrogen and oxygen atoms in total. The maximum absolute atomic E-state index is 13.7. The molecule has 1 aromatic carbocycles. The molecule has 0 atom stereocenters. The fourth-order valence-electron chi connectivity index (χ4n) is 6.00. The summed E-state index contributed by atoms with van der Waals surface area (Å²) < 4.78 is 15.5. The van der Waals surface area contributed by atoms with Crippen LogP contribution in [0, 0.1) is 18.7 Å². The Morgan fingerprint density at radius 2 is 1.76 bits per heavy atom. The number of nitrogens with zero attached hydrogens (tertiary/aromatic N) is 6. The number of hydrogen-bond acceptors (Lipinski definition) is 5. The van der Waals surface area contributed by atoms with E-state index in [2.05, 4.69) is 11.8 Å². The standard InChI is InChI=1S/C30H41FN6O/c1-3-4-6-12-27(38)35-17-9-18-36(20-19-35)29-28-22(2)34-37(25-15-13-24(31)14-16-25)30(28)33-26(32-29)21-23-10-7-5-8-11-23/h13-16,23H,3-12,17-21H2,1-2H3. The molecule has 204 valence electrons. The Kier molecular flexibility index (Phi) is 8.55. The van der Waals surface area contributed by atoms with E-state index in [1.54, 1.807) is 12.1 Å². The topological polar surface area (TPSA) is 67.2 Å². The molecule has 2 fully saturated rings. The lowest BCUT2D eigenvalue weighted by Gasteiger charge is -2.25. The number of anilines is 1. The van der Waals surface area contributed by atoms with Gasteiger partial charge in [0.25, 0.3) is 0 Å². The molecule has 5 rings (SSSR count). The fraction of sp³-hybridized carbons (Fsp3) is 0.600. The summed E-state index contributed by atoms with van der Waals surface area (Å²) in [5, 5.41) is 5.79. The first kappa shape index (κ1) is 26.6. The van der Waals surface area contributed by atoms with Crippen LogP contribution in [-0.4, -0.2) is 56.7 Å². The summed E-state index contributed by atoms with van der Waals surface area (Å²) in [5.74, 6) is 2.39. The van der Waals surface area contributed by atoms with Crippen molar-refractivity contribution in [2.24, 2.45) is 5.92 Å². The van der Waals surface area contributed by atoms with Gasteiger partial charge in [0.05, 0.1) is 16.8 Å². The molecular formula is C30H41FN6O. The SMILES string of the molecule is CCCCCC(=O)N1CCCN(c2nc(CC3CCCCC3)nc3c2c(C)nn3-c2ccc(F)cc2)CC1. The van der Waals surface area contributed by atoms with Crippen LogP contribution in [-0.2, 0) is 11.2 Å². The minimum absolute atomic E-state index is 0.270. The van der Waals surface area contributed by atoms with E-state index >= 15 is 0 Å². The first-order valence-corrected chi connectivity index (χ1v) is 14.6. The van der Waals surface area contributed by atoms with E-state index in [1.165, 1.54) is 44.2 Å². The third kappa shape index (κ3) is 6.00. The van der Waals surface area contributed by atoms with E-state index in [4.69, 9.17) is 15.1 Å². The normalized spacial score (nSPS) is 17.2. The number of unbranched alkanes of at least 4 members (excludes halogenated alkanes) is 2. The van der Waals surface area contributed by atoms with Crippen LogP contribution in [0.3, 0.4) is 0 Å². The second-order valence-electron chi connectivity index (χ2n) is 11.0. The van der Waals surface area contributed by atoms with Crippen LogP contribution >= 0.6 is 0 Å². The fourth-order valence-corrected chi connectivity index (χ4v) is 6.00. The quantitative estimate of drug-likeness (QED) is 0.341. The van der Waals surface area contributed by atoms with E-state index < -0.39 is 0 Å². The monoisotopic (exact) mass is 520 g/mol. The zero-order chi connectivity index (χ0) is 26.5. The number of carbonyl (C=O) groups excluding carboxylic acids is 1. The molecule has 8 heteroatoms. The molecule has 0 spiro atoms. The predicted molar refractivity (Wildman–Crippen MR) is 149 cm³/mol. The number of carbonyl (C=O) groups is 1. The molecule has 38 heavy (non-hydrogen) atoms. The van der Waals surface area contributed by atoms with Gasteiger partial charge in [-0.1, -0.05) is 51.9 Å². The maximum atomic E-state index is 13.7. The molecule has 1 amide bonds. The Labute approximate surface area is 225 Å². The summed E-state index contributed by atoms with van der Waals surface area (Å²) in [4.78, 5) is 27.4. The largest absolute Gasteiger partial charge is 0.354 e. The van der Waals surface area contributed by atoms with Gasteiger partial charge in [-0.15, -0.1) is 0 Å². The summed E-state index contributed by atoms with van der Waals surface area (Å²) in [5.41, 5.74) is 2.43. The molecule has 0 radical (unpaired) electrons. The number of rotatable bonds is 8. The third-order valence-electron chi connectivity index (χ3n) is 8.14. The van der Waals surface area contributed by atoms with Crippen molar-refractivity contribution in [3.63, 3.8) is 0 Å². The summed E-state index contributed by atoms with van der Waals surface area (Å²) in [6.07, 6.45) is 11.9. The van der Waals surface area contributed by atoms with Crippen LogP contribution < -0.4 is 4.90 Å². The molecule has 2 aliphatic rings. The highest BCUT2D eigenvalue weighted by atomic mass is 19.1. The van der Waals surface area contributed by atoms with E-state index in [0.29, 0.717) is 18.9 Å². The number of benzene rings is 1. The first-order chi connectivity index (χ1) is 18.5. The van der Waals surface area contributed by atoms with Crippen LogP contribution in [0.2, 0.25) is 0 Å². The van der Waals surface area contributed by atoms with Gasteiger partial charge in [-0.05, 0) is 49.9 Å². The zero-order valence-corrected chi connectivity index (χ0v) is 23.0. The lowest BCUT2D eigenvalue weighted by molar-refractivity contribution is -0.131. The van der Waals surface area contributed by atoms with E-state index in [1.807, 2.05) is 16.5 Å². The van der Waals surface area contributed by atoms with Crippen LogP contribution in [0.5, 0.6) is 0 Å². The number of aromatic nitrogens is 4. The first-order valence-electron chi connectivity index (χ1n) is 14.6. The van der Waals surface area contributed by atoms with E-state index in [9.17, 15) is 9.18 Å². The summed E-state index contributed by atoms with van der Waals surface area (Å²) in [6.45, 7) is 7.25. The molecule has 0 unspecified atom stereocenters. The highest BCUT2D eigenvalue weighted by Gasteiger charge is 2.26. The van der Waals surface area contributed by atoms with Crippen molar-refractivity contribution >= 4 is 22.8 Å².